The van der Waals surface area contributed by atoms with Crippen molar-refractivity contribution in [3.8, 4) is 0 Å². The van der Waals surface area contributed by atoms with Gasteiger partial charge in [-0.1, -0.05) is 20.8 Å². The van der Waals surface area contributed by atoms with Gasteiger partial charge < -0.3 is 0 Å². The molecule has 0 radical (unpaired) electrons. The summed E-state index contributed by atoms with van der Waals surface area (Å²) in [7, 11) is 0. The van der Waals surface area contributed by atoms with Gasteiger partial charge in [0.1, 0.15) is 0 Å². The van der Waals surface area contributed by atoms with E-state index in [1.807, 2.05) is 0 Å². The summed E-state index contributed by atoms with van der Waals surface area (Å²) in [5, 5.41) is 0. The molecule has 0 aromatic heterocycles. The number of rotatable bonds is 1. The summed E-state index contributed by atoms with van der Waals surface area (Å²) in [5.41, 5.74) is 0.875. The smallest absolute Gasteiger partial charge is 0.0212 e. The average Bonchev–Trinajstić information content (AvgIpc) is 2.47. The van der Waals surface area contributed by atoms with E-state index < -0.39 is 0 Å². The molecule has 0 N–H and O–H groups in total. The molecule has 0 spiro atoms. The predicted octanol–water partition coefficient (Wildman–Crippen LogP) is 2.30. The molecule has 2 rings (SSSR count). The van der Waals surface area contributed by atoms with Crippen LogP contribution in [0.2, 0.25) is 0 Å². The van der Waals surface area contributed by atoms with Crippen molar-refractivity contribution < 1.29 is 0 Å². The minimum atomic E-state index is 0.875. The Hall–Kier alpha value is 0. The number of fused-ring (bicyclic) bond motifs is 1. The highest BCUT2D eigenvalue weighted by Gasteiger charge is 2.76. The largest absolute Gasteiger partial charge is 0.0622 e. The molecule has 8 heavy (non-hydrogen) atoms. The van der Waals surface area contributed by atoms with Crippen LogP contribution in [0.3, 0.4) is 0 Å². The van der Waals surface area contributed by atoms with Gasteiger partial charge >= 0.3 is 0 Å². The van der Waals surface area contributed by atoms with Crippen molar-refractivity contribution in [2.75, 3.05) is 0 Å². The van der Waals surface area contributed by atoms with Crippen LogP contribution in [0.4, 0.5) is 0 Å². The zero-order valence-electron chi connectivity index (χ0n) is 5.94. The second-order valence-electron chi connectivity index (χ2n) is 3.87. The normalized spacial score (nSPS) is 58.5. The van der Waals surface area contributed by atoms with E-state index in [1.165, 1.54) is 0 Å². The maximum atomic E-state index is 2.40. The molecule has 0 saturated heterocycles. The first kappa shape index (κ1) is 4.84. The maximum Gasteiger partial charge on any atom is -0.0212 e. The van der Waals surface area contributed by atoms with Gasteiger partial charge in [0, 0.05) is 0 Å². The standard InChI is InChI=1S/C8H14/c1-5(2)8-4-7(8)6(8)3/h5-7H,4H2,1-3H3. The number of hydrogen-bond donors (Lipinski definition) is 0. The molecule has 0 nitrogen and oxygen atoms in total. The van der Waals surface area contributed by atoms with Crippen molar-refractivity contribution >= 4 is 0 Å². The van der Waals surface area contributed by atoms with Gasteiger partial charge in [0.25, 0.3) is 0 Å². The van der Waals surface area contributed by atoms with Gasteiger partial charge in [-0.05, 0) is 29.6 Å². The summed E-state index contributed by atoms with van der Waals surface area (Å²) in [6, 6.07) is 0. The van der Waals surface area contributed by atoms with E-state index in [0.717, 1.165) is 23.2 Å². The molecule has 2 saturated carbocycles. The minimum Gasteiger partial charge on any atom is -0.0622 e. The van der Waals surface area contributed by atoms with Crippen LogP contribution < -0.4 is 0 Å². The lowest BCUT2D eigenvalue weighted by Crippen LogP contribution is -2.02. The highest BCUT2D eigenvalue weighted by atomic mass is 14.8. The van der Waals surface area contributed by atoms with Gasteiger partial charge in [-0.25, -0.2) is 0 Å². The summed E-state index contributed by atoms with van der Waals surface area (Å²) in [5.74, 6) is 3.20. The third-order valence-electron chi connectivity index (χ3n) is 3.52. The second-order valence-corrected chi connectivity index (χ2v) is 3.87. The summed E-state index contributed by atoms with van der Waals surface area (Å²) >= 11 is 0. The summed E-state index contributed by atoms with van der Waals surface area (Å²) in [6.07, 6.45) is 1.55. The Balaban J connectivity index is 2.09. The molecule has 3 atom stereocenters. The lowest BCUT2D eigenvalue weighted by Gasteiger charge is -2.09. The maximum absolute atomic E-state index is 2.40. The van der Waals surface area contributed by atoms with E-state index in [9.17, 15) is 0 Å². The van der Waals surface area contributed by atoms with Gasteiger partial charge in [0.2, 0.25) is 0 Å². The zero-order valence-corrected chi connectivity index (χ0v) is 5.94. The molecule has 2 aliphatic carbocycles. The fourth-order valence-corrected chi connectivity index (χ4v) is 2.47. The van der Waals surface area contributed by atoms with Crippen LogP contribution in [0.25, 0.3) is 0 Å². The molecule has 2 aliphatic rings. The second kappa shape index (κ2) is 0.984. The molecule has 0 amide bonds. The van der Waals surface area contributed by atoms with Gasteiger partial charge in [-0.3, -0.25) is 0 Å². The Morgan fingerprint density at radius 3 is 2.00 bits per heavy atom. The summed E-state index contributed by atoms with van der Waals surface area (Å²) in [6.45, 7) is 7.13. The molecule has 0 aromatic rings. The third kappa shape index (κ3) is 0.284. The highest BCUT2D eigenvalue weighted by molar-refractivity contribution is 5.24. The van der Waals surface area contributed by atoms with Crippen molar-refractivity contribution in [3.05, 3.63) is 0 Å². The van der Waals surface area contributed by atoms with Crippen molar-refractivity contribution in [2.45, 2.75) is 27.2 Å². The molecule has 0 heteroatoms. The van der Waals surface area contributed by atoms with Crippen LogP contribution in [0.15, 0.2) is 0 Å². The fraction of sp³-hybridized carbons (Fsp3) is 1.00. The average molecular weight is 110 g/mol. The molecule has 0 bridgehead atoms. The minimum absolute atomic E-state index is 0.875. The van der Waals surface area contributed by atoms with E-state index in [4.69, 9.17) is 0 Å². The quantitative estimate of drug-likeness (QED) is 0.486. The lowest BCUT2D eigenvalue weighted by molar-refractivity contribution is 0.394. The van der Waals surface area contributed by atoms with Crippen molar-refractivity contribution in [1.29, 1.82) is 0 Å². The van der Waals surface area contributed by atoms with Crippen molar-refractivity contribution in [2.24, 2.45) is 23.2 Å². The first-order chi connectivity index (χ1) is 3.69. The Labute approximate surface area is 51.3 Å². The van der Waals surface area contributed by atoms with E-state index in [1.54, 1.807) is 6.42 Å². The van der Waals surface area contributed by atoms with Crippen LogP contribution in [0.1, 0.15) is 27.2 Å². The molecule has 2 fully saturated rings. The Kier molecular flexibility index (Phi) is 0.595. The van der Waals surface area contributed by atoms with Gasteiger partial charge in [-0.15, -0.1) is 0 Å². The lowest BCUT2D eigenvalue weighted by atomic mass is 9.95. The predicted molar refractivity (Wildman–Crippen MR) is 34.5 cm³/mol. The van der Waals surface area contributed by atoms with Crippen molar-refractivity contribution in [1.82, 2.24) is 0 Å². The van der Waals surface area contributed by atoms with Crippen molar-refractivity contribution in [3.63, 3.8) is 0 Å². The van der Waals surface area contributed by atoms with Gasteiger partial charge in [0.05, 0.1) is 0 Å². The van der Waals surface area contributed by atoms with Crippen LogP contribution >= 0.6 is 0 Å². The molecule has 0 heterocycles. The van der Waals surface area contributed by atoms with Crippen LogP contribution in [0.5, 0.6) is 0 Å². The third-order valence-corrected chi connectivity index (χ3v) is 3.52. The van der Waals surface area contributed by atoms with Crippen LogP contribution in [-0.2, 0) is 0 Å². The first-order valence-corrected chi connectivity index (χ1v) is 3.69. The van der Waals surface area contributed by atoms with Gasteiger partial charge in [-0.2, -0.15) is 0 Å². The monoisotopic (exact) mass is 110 g/mol. The zero-order chi connectivity index (χ0) is 5.94. The Morgan fingerprint density at radius 2 is 2.00 bits per heavy atom. The Bertz CT molecular complexity index is 120. The molecule has 3 unspecified atom stereocenters. The number of hydrogen-bond acceptors (Lipinski definition) is 0. The van der Waals surface area contributed by atoms with Crippen LogP contribution in [0, 0.1) is 23.2 Å². The topological polar surface area (TPSA) is 0 Å². The molecule has 0 aromatic carbocycles. The highest BCUT2D eigenvalue weighted by Crippen LogP contribution is 2.82. The van der Waals surface area contributed by atoms with E-state index >= 15 is 0 Å². The molecule has 46 valence electrons. The van der Waals surface area contributed by atoms with E-state index in [-0.39, 0.29) is 0 Å². The fourth-order valence-electron chi connectivity index (χ4n) is 2.47. The Morgan fingerprint density at radius 1 is 1.50 bits per heavy atom. The molecular weight excluding hydrogens is 96.1 g/mol. The van der Waals surface area contributed by atoms with E-state index in [0.29, 0.717) is 0 Å². The first-order valence-electron chi connectivity index (χ1n) is 3.69. The molecular formula is C8H14. The van der Waals surface area contributed by atoms with Gasteiger partial charge in [0.15, 0.2) is 0 Å². The summed E-state index contributed by atoms with van der Waals surface area (Å²) in [4.78, 5) is 0. The van der Waals surface area contributed by atoms with Crippen LogP contribution in [-0.4, -0.2) is 0 Å². The van der Waals surface area contributed by atoms with E-state index in [2.05, 4.69) is 20.8 Å². The molecule has 0 aliphatic heterocycles. The summed E-state index contributed by atoms with van der Waals surface area (Å²) < 4.78 is 0. The SMILES string of the molecule is CC(C)C12CC1C2C.